The highest BCUT2D eigenvalue weighted by Gasteiger charge is 2.17. The van der Waals surface area contributed by atoms with Gasteiger partial charge in [0.2, 0.25) is 0 Å². The van der Waals surface area contributed by atoms with E-state index < -0.39 is 0 Å². The molecule has 0 aliphatic carbocycles. The minimum Gasteiger partial charge on any atom is -0.357 e. The van der Waals surface area contributed by atoms with Crippen LogP contribution < -0.4 is 10.6 Å². The zero-order valence-corrected chi connectivity index (χ0v) is 19.0. The highest BCUT2D eigenvalue weighted by molar-refractivity contribution is 14.0. The van der Waals surface area contributed by atoms with Crippen LogP contribution in [0.3, 0.4) is 0 Å². The average molecular weight is 476 g/mol. The van der Waals surface area contributed by atoms with E-state index in [4.69, 9.17) is 4.99 Å². The summed E-state index contributed by atoms with van der Waals surface area (Å²) in [4.78, 5) is 9.88. The number of halogens is 1. The summed E-state index contributed by atoms with van der Waals surface area (Å²) in [5, 5.41) is 6.77. The first kappa shape index (κ1) is 23.2. The number of hydrogen-bond acceptors (Lipinski definition) is 3. The number of guanidine groups is 1. The second-order valence-electron chi connectivity index (χ2n) is 6.91. The average Bonchev–Trinajstić information content (AvgIpc) is 3.14. The largest absolute Gasteiger partial charge is 0.357 e. The van der Waals surface area contributed by atoms with Crippen molar-refractivity contribution in [3.8, 4) is 0 Å². The molecule has 0 amide bonds. The Morgan fingerprint density at radius 2 is 1.69 bits per heavy atom. The molecule has 2 heterocycles. The Hall–Kier alpha value is -0.800. The fourth-order valence-electron chi connectivity index (χ4n) is 3.20. The summed E-state index contributed by atoms with van der Waals surface area (Å²) in [6.07, 6.45) is 4.18. The van der Waals surface area contributed by atoms with Crippen molar-refractivity contribution < 1.29 is 0 Å². The van der Waals surface area contributed by atoms with Crippen LogP contribution in [0, 0.1) is 5.92 Å². The Morgan fingerprint density at radius 1 is 1.04 bits per heavy atom. The third-order valence-electron chi connectivity index (χ3n) is 4.72. The van der Waals surface area contributed by atoms with E-state index in [-0.39, 0.29) is 24.0 Å². The number of nitrogens with zero attached hydrogens (tertiary/aromatic N) is 4. The third kappa shape index (κ3) is 8.73. The van der Waals surface area contributed by atoms with Crippen molar-refractivity contribution in [3.05, 3.63) is 24.5 Å². The van der Waals surface area contributed by atoms with Crippen molar-refractivity contribution in [2.45, 2.75) is 27.3 Å². The smallest absolute Gasteiger partial charge is 0.191 e. The minimum atomic E-state index is 0. The summed E-state index contributed by atoms with van der Waals surface area (Å²) in [6.45, 7) is 17.4. The van der Waals surface area contributed by atoms with Crippen molar-refractivity contribution in [2.24, 2.45) is 10.9 Å². The van der Waals surface area contributed by atoms with Crippen LogP contribution in [0.4, 0.5) is 0 Å². The van der Waals surface area contributed by atoms with Gasteiger partial charge in [0.25, 0.3) is 0 Å². The Kier molecular flexibility index (Phi) is 12.0. The molecule has 1 unspecified atom stereocenters. The first-order chi connectivity index (χ1) is 12.2. The molecule has 0 saturated carbocycles. The van der Waals surface area contributed by atoms with Crippen LogP contribution in [0.25, 0.3) is 0 Å². The maximum absolute atomic E-state index is 4.78. The molecular formula is C19H37IN6. The summed E-state index contributed by atoms with van der Waals surface area (Å²) < 4.78 is 2.18. The second kappa shape index (κ2) is 13.4. The van der Waals surface area contributed by atoms with Crippen molar-refractivity contribution in [3.63, 3.8) is 0 Å². The zero-order chi connectivity index (χ0) is 17.9. The van der Waals surface area contributed by atoms with E-state index in [0.717, 1.165) is 38.7 Å². The molecule has 1 atom stereocenters. The summed E-state index contributed by atoms with van der Waals surface area (Å²) in [5.74, 6) is 1.50. The number of aromatic nitrogens is 1. The normalized spacial score (nSPS) is 17.6. The molecule has 0 spiro atoms. The molecule has 1 aliphatic rings. The Morgan fingerprint density at radius 3 is 2.31 bits per heavy atom. The molecule has 1 aliphatic heterocycles. The van der Waals surface area contributed by atoms with Gasteiger partial charge < -0.3 is 25.0 Å². The molecule has 7 heteroatoms. The maximum atomic E-state index is 4.78. The summed E-state index contributed by atoms with van der Waals surface area (Å²) >= 11 is 0. The number of rotatable bonds is 9. The van der Waals surface area contributed by atoms with Gasteiger partial charge in [0.15, 0.2) is 5.96 Å². The zero-order valence-electron chi connectivity index (χ0n) is 16.7. The fraction of sp³-hybridized carbons (Fsp3) is 0.737. The van der Waals surface area contributed by atoms with Gasteiger partial charge in [-0.15, -0.1) is 24.0 Å². The molecule has 26 heavy (non-hydrogen) atoms. The van der Waals surface area contributed by atoms with Gasteiger partial charge >= 0.3 is 0 Å². The van der Waals surface area contributed by atoms with Crippen molar-refractivity contribution >= 4 is 29.9 Å². The predicted molar refractivity (Wildman–Crippen MR) is 122 cm³/mol. The predicted octanol–water partition coefficient (Wildman–Crippen LogP) is 1.93. The van der Waals surface area contributed by atoms with Crippen molar-refractivity contribution in [1.29, 1.82) is 0 Å². The first-order valence-corrected chi connectivity index (χ1v) is 9.78. The third-order valence-corrected chi connectivity index (χ3v) is 4.72. The van der Waals surface area contributed by atoms with Gasteiger partial charge in [0.05, 0.1) is 0 Å². The Bertz CT molecular complexity index is 482. The molecule has 0 bridgehead atoms. The highest BCUT2D eigenvalue weighted by atomic mass is 127. The van der Waals surface area contributed by atoms with Gasteiger partial charge in [0, 0.05) is 71.3 Å². The molecule has 1 aromatic heterocycles. The summed E-state index contributed by atoms with van der Waals surface area (Å²) in [7, 11) is 0. The van der Waals surface area contributed by atoms with E-state index in [1.54, 1.807) is 0 Å². The maximum Gasteiger partial charge on any atom is 0.191 e. The Labute approximate surface area is 176 Å². The second-order valence-corrected chi connectivity index (χ2v) is 6.91. The molecule has 0 radical (unpaired) electrons. The molecule has 150 valence electrons. The van der Waals surface area contributed by atoms with Crippen LogP contribution in [0.5, 0.6) is 0 Å². The number of aliphatic imine (C=N–C) groups is 1. The van der Waals surface area contributed by atoms with Crippen LogP contribution in [0.2, 0.25) is 0 Å². The van der Waals surface area contributed by atoms with E-state index >= 15 is 0 Å². The monoisotopic (exact) mass is 476 g/mol. The fourth-order valence-corrected chi connectivity index (χ4v) is 3.20. The molecule has 0 aromatic carbocycles. The van der Waals surface area contributed by atoms with Crippen LogP contribution in [0.15, 0.2) is 29.5 Å². The summed E-state index contributed by atoms with van der Waals surface area (Å²) in [5.41, 5.74) is 0. The van der Waals surface area contributed by atoms with Crippen LogP contribution in [-0.4, -0.2) is 79.2 Å². The van der Waals surface area contributed by atoms with Gasteiger partial charge in [-0.05, 0) is 31.5 Å². The highest BCUT2D eigenvalue weighted by Crippen LogP contribution is 2.06. The number of piperazine rings is 1. The Balaban J connectivity index is 0.00000338. The lowest BCUT2D eigenvalue weighted by Crippen LogP contribution is -2.47. The SMILES string of the molecule is CCNC(=NCC(C)CN1CCN(CC)CC1)NCCn1cccc1.I. The quantitative estimate of drug-likeness (QED) is 0.325. The van der Waals surface area contributed by atoms with Gasteiger partial charge in [0.1, 0.15) is 0 Å². The topological polar surface area (TPSA) is 47.8 Å². The van der Waals surface area contributed by atoms with Gasteiger partial charge in [-0.25, -0.2) is 0 Å². The van der Waals surface area contributed by atoms with E-state index in [1.807, 2.05) is 0 Å². The van der Waals surface area contributed by atoms with Gasteiger partial charge in [-0.3, -0.25) is 4.99 Å². The standard InChI is InChI=1S/C19H36N6.HI/c1-4-20-19(21-8-11-24-9-6-7-10-24)22-16-18(3)17-25-14-12-23(5-2)13-15-25;/h6-7,9-10,18H,4-5,8,11-17H2,1-3H3,(H2,20,21,22);1H. The van der Waals surface area contributed by atoms with E-state index in [2.05, 4.69) is 70.3 Å². The first-order valence-electron chi connectivity index (χ1n) is 9.78. The van der Waals surface area contributed by atoms with E-state index in [0.29, 0.717) is 5.92 Å². The van der Waals surface area contributed by atoms with Crippen LogP contribution in [-0.2, 0) is 6.54 Å². The summed E-state index contributed by atoms with van der Waals surface area (Å²) in [6, 6.07) is 4.11. The van der Waals surface area contributed by atoms with E-state index in [9.17, 15) is 0 Å². The number of hydrogen-bond donors (Lipinski definition) is 2. The molecule has 1 fully saturated rings. The van der Waals surface area contributed by atoms with Crippen molar-refractivity contribution in [1.82, 2.24) is 25.0 Å². The number of nitrogens with one attached hydrogen (secondary N) is 2. The lowest BCUT2D eigenvalue weighted by atomic mass is 10.1. The molecule has 2 N–H and O–H groups in total. The lowest BCUT2D eigenvalue weighted by molar-refractivity contribution is 0.125. The minimum absolute atomic E-state index is 0. The molecule has 1 saturated heterocycles. The van der Waals surface area contributed by atoms with Gasteiger partial charge in [-0.1, -0.05) is 13.8 Å². The van der Waals surface area contributed by atoms with Crippen LogP contribution in [0.1, 0.15) is 20.8 Å². The van der Waals surface area contributed by atoms with Crippen molar-refractivity contribution in [2.75, 3.05) is 58.9 Å². The van der Waals surface area contributed by atoms with E-state index in [1.165, 1.54) is 32.7 Å². The molecule has 1 aromatic rings. The molecular weight excluding hydrogens is 439 g/mol. The number of likely N-dealkylation sites (N-methyl/N-ethyl adjacent to an activating group) is 1. The lowest BCUT2D eigenvalue weighted by Gasteiger charge is -2.35. The van der Waals surface area contributed by atoms with Gasteiger partial charge in [-0.2, -0.15) is 0 Å². The molecule has 6 nitrogen and oxygen atoms in total. The molecule has 2 rings (SSSR count). The van der Waals surface area contributed by atoms with Crippen LogP contribution >= 0.6 is 24.0 Å².